The van der Waals surface area contributed by atoms with E-state index in [9.17, 15) is 4.79 Å². The lowest BCUT2D eigenvalue weighted by Gasteiger charge is -2.20. The zero-order chi connectivity index (χ0) is 14.4. The van der Waals surface area contributed by atoms with Gasteiger partial charge in [-0.25, -0.2) is 4.79 Å². The lowest BCUT2D eigenvalue weighted by Crippen LogP contribution is -2.38. The van der Waals surface area contributed by atoms with E-state index in [1.807, 2.05) is 31.2 Å². The molecule has 0 aliphatic rings. The van der Waals surface area contributed by atoms with Gasteiger partial charge in [0.05, 0.1) is 10.9 Å². The topological polar surface area (TPSA) is 45.2 Å². The van der Waals surface area contributed by atoms with Crippen LogP contribution < -0.4 is 5.32 Å². The lowest BCUT2D eigenvalue weighted by atomic mass is 10.3. The van der Waals surface area contributed by atoms with Crippen LogP contribution in [0.25, 0.3) is 0 Å². The largest absolute Gasteiger partial charge is 0.334 e. The smallest absolute Gasteiger partial charge is 0.317 e. The Morgan fingerprint density at radius 1 is 1.45 bits per heavy atom. The summed E-state index contributed by atoms with van der Waals surface area (Å²) in [5, 5.41) is 2.90. The maximum atomic E-state index is 12.1. The van der Waals surface area contributed by atoms with E-state index in [0.29, 0.717) is 19.6 Å². The van der Waals surface area contributed by atoms with Crippen molar-refractivity contribution in [1.29, 1.82) is 0 Å². The maximum Gasteiger partial charge on any atom is 0.317 e. The third-order valence-electron chi connectivity index (χ3n) is 2.81. The number of thiophene rings is 1. The quantitative estimate of drug-likeness (QED) is 0.918. The molecule has 2 aromatic heterocycles. The van der Waals surface area contributed by atoms with Crippen LogP contribution in [-0.2, 0) is 13.1 Å². The van der Waals surface area contributed by atoms with Gasteiger partial charge in [0.1, 0.15) is 0 Å². The van der Waals surface area contributed by atoms with Gasteiger partial charge >= 0.3 is 6.03 Å². The minimum atomic E-state index is -0.0825. The third-order valence-corrected chi connectivity index (χ3v) is 4.03. The number of amides is 2. The van der Waals surface area contributed by atoms with E-state index in [4.69, 9.17) is 11.6 Å². The van der Waals surface area contributed by atoms with Crippen molar-refractivity contribution in [3.63, 3.8) is 0 Å². The van der Waals surface area contributed by atoms with Crippen LogP contribution in [-0.4, -0.2) is 22.5 Å². The molecule has 0 aliphatic heterocycles. The van der Waals surface area contributed by atoms with Gasteiger partial charge in [-0.3, -0.25) is 4.98 Å². The summed E-state index contributed by atoms with van der Waals surface area (Å²) >= 11 is 7.40. The molecule has 0 fully saturated rings. The van der Waals surface area contributed by atoms with Crippen molar-refractivity contribution in [2.75, 3.05) is 6.54 Å². The predicted octanol–water partition coefficient (Wildman–Crippen LogP) is 3.53. The fourth-order valence-corrected chi connectivity index (χ4v) is 2.85. The van der Waals surface area contributed by atoms with Crippen molar-refractivity contribution in [3.8, 4) is 0 Å². The van der Waals surface area contributed by atoms with E-state index in [-0.39, 0.29) is 6.03 Å². The highest BCUT2D eigenvalue weighted by atomic mass is 35.5. The number of urea groups is 1. The second kappa shape index (κ2) is 7.26. The highest BCUT2D eigenvalue weighted by Gasteiger charge is 2.12. The summed E-state index contributed by atoms with van der Waals surface area (Å²) in [6.07, 6.45) is 3.46. The predicted molar refractivity (Wildman–Crippen MR) is 81.9 cm³/mol. The van der Waals surface area contributed by atoms with E-state index < -0.39 is 0 Å². The summed E-state index contributed by atoms with van der Waals surface area (Å²) in [6.45, 7) is 3.66. The van der Waals surface area contributed by atoms with Gasteiger partial charge in [-0.15, -0.1) is 11.3 Å². The number of carbonyl (C=O) groups is 1. The van der Waals surface area contributed by atoms with Crippen molar-refractivity contribution in [3.05, 3.63) is 51.4 Å². The molecule has 0 radical (unpaired) electrons. The van der Waals surface area contributed by atoms with E-state index >= 15 is 0 Å². The zero-order valence-electron chi connectivity index (χ0n) is 11.2. The van der Waals surface area contributed by atoms with Crippen molar-refractivity contribution >= 4 is 29.0 Å². The molecule has 2 amide bonds. The highest BCUT2D eigenvalue weighted by molar-refractivity contribution is 7.16. The Kier molecular flexibility index (Phi) is 5.38. The Balaban J connectivity index is 1.89. The number of carbonyl (C=O) groups excluding carboxylic acids is 1. The van der Waals surface area contributed by atoms with Gasteiger partial charge in [0.2, 0.25) is 0 Å². The number of halogens is 1. The summed E-state index contributed by atoms with van der Waals surface area (Å²) in [7, 11) is 0. The van der Waals surface area contributed by atoms with E-state index in [2.05, 4.69) is 10.3 Å². The van der Waals surface area contributed by atoms with Gasteiger partial charge in [0.15, 0.2) is 0 Å². The van der Waals surface area contributed by atoms with E-state index in [1.165, 1.54) is 11.3 Å². The molecule has 0 aromatic carbocycles. The van der Waals surface area contributed by atoms with Gasteiger partial charge in [-0.05, 0) is 30.7 Å². The van der Waals surface area contributed by atoms with Crippen molar-refractivity contribution in [1.82, 2.24) is 15.2 Å². The van der Waals surface area contributed by atoms with Crippen LogP contribution in [0, 0.1) is 0 Å². The molecule has 0 spiro atoms. The molecule has 6 heteroatoms. The molecule has 0 aliphatic carbocycles. The summed E-state index contributed by atoms with van der Waals surface area (Å²) < 4.78 is 0.742. The van der Waals surface area contributed by atoms with Gasteiger partial charge < -0.3 is 10.2 Å². The molecule has 106 valence electrons. The maximum absolute atomic E-state index is 12.1. The van der Waals surface area contributed by atoms with E-state index in [1.54, 1.807) is 17.3 Å². The van der Waals surface area contributed by atoms with Crippen LogP contribution in [0.2, 0.25) is 4.34 Å². The number of hydrogen-bond acceptors (Lipinski definition) is 3. The highest BCUT2D eigenvalue weighted by Crippen LogP contribution is 2.22. The van der Waals surface area contributed by atoms with Gasteiger partial charge in [0, 0.05) is 30.4 Å². The van der Waals surface area contributed by atoms with Crippen LogP contribution in [0.5, 0.6) is 0 Å². The molecule has 0 bridgehead atoms. The molecule has 0 saturated heterocycles. The molecule has 2 heterocycles. The first kappa shape index (κ1) is 14.8. The lowest BCUT2D eigenvalue weighted by molar-refractivity contribution is 0.198. The molecule has 0 unspecified atom stereocenters. The van der Waals surface area contributed by atoms with Crippen LogP contribution in [0.4, 0.5) is 4.79 Å². The second-order valence-electron chi connectivity index (χ2n) is 4.24. The standard InChI is InChI=1S/C14H16ClN3OS/c1-2-18(10-12-5-6-13(15)20-12)14(19)17-9-11-4-3-7-16-8-11/h3-8H,2,9-10H2,1H3,(H,17,19). The fourth-order valence-electron chi connectivity index (χ4n) is 1.74. The zero-order valence-corrected chi connectivity index (χ0v) is 12.7. The first-order chi connectivity index (χ1) is 9.69. The van der Waals surface area contributed by atoms with Crippen LogP contribution in [0.15, 0.2) is 36.7 Å². The average Bonchev–Trinajstić information content (AvgIpc) is 2.88. The Hall–Kier alpha value is -1.59. The molecule has 0 saturated carbocycles. The minimum Gasteiger partial charge on any atom is -0.334 e. The normalized spacial score (nSPS) is 10.3. The van der Waals surface area contributed by atoms with Gasteiger partial charge in [-0.2, -0.15) is 0 Å². The van der Waals surface area contributed by atoms with Crippen molar-refractivity contribution < 1.29 is 4.79 Å². The van der Waals surface area contributed by atoms with Crippen LogP contribution >= 0.6 is 22.9 Å². The first-order valence-electron chi connectivity index (χ1n) is 6.35. The Bertz CT molecular complexity index is 559. The summed E-state index contributed by atoms with van der Waals surface area (Å²) in [4.78, 5) is 19.0. The average molecular weight is 310 g/mol. The molecule has 4 nitrogen and oxygen atoms in total. The number of rotatable bonds is 5. The summed E-state index contributed by atoms with van der Waals surface area (Å²) in [5.41, 5.74) is 0.982. The fraction of sp³-hybridized carbons (Fsp3) is 0.286. The Morgan fingerprint density at radius 2 is 2.30 bits per heavy atom. The number of nitrogens with zero attached hydrogens (tertiary/aromatic N) is 2. The molecule has 1 N–H and O–H groups in total. The molecule has 2 rings (SSSR count). The number of pyridine rings is 1. The number of nitrogens with one attached hydrogen (secondary N) is 1. The molecule has 0 atom stereocenters. The van der Waals surface area contributed by atoms with Crippen molar-refractivity contribution in [2.45, 2.75) is 20.0 Å². The van der Waals surface area contributed by atoms with Gasteiger partial charge in [-0.1, -0.05) is 17.7 Å². The Morgan fingerprint density at radius 3 is 2.90 bits per heavy atom. The van der Waals surface area contributed by atoms with Crippen molar-refractivity contribution in [2.24, 2.45) is 0 Å². The van der Waals surface area contributed by atoms with Crippen LogP contribution in [0.3, 0.4) is 0 Å². The monoisotopic (exact) mass is 309 g/mol. The Labute approximate surface area is 127 Å². The van der Waals surface area contributed by atoms with Crippen LogP contribution in [0.1, 0.15) is 17.4 Å². The van der Waals surface area contributed by atoms with Gasteiger partial charge in [0.25, 0.3) is 0 Å². The first-order valence-corrected chi connectivity index (χ1v) is 7.54. The number of aromatic nitrogens is 1. The summed E-state index contributed by atoms with van der Waals surface area (Å²) in [5.74, 6) is 0. The molecule has 2 aromatic rings. The molecular weight excluding hydrogens is 294 g/mol. The third kappa shape index (κ3) is 4.21. The molecule has 20 heavy (non-hydrogen) atoms. The summed E-state index contributed by atoms with van der Waals surface area (Å²) in [6, 6.07) is 7.50. The minimum absolute atomic E-state index is 0.0825. The van der Waals surface area contributed by atoms with E-state index in [0.717, 1.165) is 14.8 Å². The SMILES string of the molecule is CCN(Cc1ccc(Cl)s1)C(=O)NCc1cccnc1. The molecular formula is C14H16ClN3OS. The number of hydrogen-bond donors (Lipinski definition) is 1. The second-order valence-corrected chi connectivity index (χ2v) is 6.04.